The first-order chi connectivity index (χ1) is 10.3. The van der Waals surface area contributed by atoms with E-state index in [0.29, 0.717) is 0 Å². The van der Waals surface area contributed by atoms with Crippen LogP contribution in [0.25, 0.3) is 0 Å². The van der Waals surface area contributed by atoms with Crippen molar-refractivity contribution in [1.82, 2.24) is 0 Å². The Labute approximate surface area is 124 Å². The van der Waals surface area contributed by atoms with Gasteiger partial charge in [-0.05, 0) is 31.0 Å². The van der Waals surface area contributed by atoms with E-state index < -0.39 is 35.5 Å². The number of carboxylic acids is 1. The molecular weight excluding hydrogens is 299 g/mol. The van der Waals surface area contributed by atoms with Crippen LogP contribution >= 0.6 is 0 Å². The lowest BCUT2D eigenvalue weighted by Gasteiger charge is -2.28. The molecule has 1 N–H and O–H groups in total. The molecule has 1 aromatic carbocycles. The molecule has 0 spiro atoms. The van der Waals surface area contributed by atoms with Gasteiger partial charge in [0.2, 0.25) is 5.91 Å². The minimum atomic E-state index is -4.51. The van der Waals surface area contributed by atoms with Gasteiger partial charge >= 0.3 is 6.18 Å². The third-order valence-electron chi connectivity index (χ3n) is 3.53. The second kappa shape index (κ2) is 6.21. The molecular formula is C15H13F3NO3-. The Kier molecular flexibility index (Phi) is 4.54. The molecule has 0 saturated heterocycles. The van der Waals surface area contributed by atoms with Crippen molar-refractivity contribution >= 4 is 17.6 Å². The average Bonchev–Trinajstić information content (AvgIpc) is 2.46. The molecule has 0 aliphatic heterocycles. The lowest BCUT2D eigenvalue weighted by molar-refractivity contribution is -0.313. The van der Waals surface area contributed by atoms with Crippen molar-refractivity contribution in [2.45, 2.75) is 19.0 Å². The maximum atomic E-state index is 12.6. The molecule has 1 aromatic rings. The predicted octanol–water partition coefficient (Wildman–Crippen LogP) is 1.98. The summed E-state index contributed by atoms with van der Waals surface area (Å²) in [6.45, 7) is 0. The van der Waals surface area contributed by atoms with Gasteiger partial charge < -0.3 is 15.2 Å². The zero-order valence-electron chi connectivity index (χ0n) is 11.4. The number of hydrogen-bond donors (Lipinski definition) is 1. The van der Waals surface area contributed by atoms with Gasteiger partial charge in [0.25, 0.3) is 0 Å². The van der Waals surface area contributed by atoms with Gasteiger partial charge in [0.05, 0.1) is 11.5 Å². The van der Waals surface area contributed by atoms with Gasteiger partial charge in [0, 0.05) is 17.6 Å². The highest BCUT2D eigenvalue weighted by Gasteiger charge is 2.32. The minimum Gasteiger partial charge on any atom is -0.550 e. The van der Waals surface area contributed by atoms with E-state index >= 15 is 0 Å². The second-order valence-electron chi connectivity index (χ2n) is 5.04. The van der Waals surface area contributed by atoms with Gasteiger partial charge in [-0.25, -0.2) is 0 Å². The van der Waals surface area contributed by atoms with Crippen LogP contribution < -0.4 is 10.4 Å². The molecule has 2 atom stereocenters. The van der Waals surface area contributed by atoms with Gasteiger partial charge in [0.15, 0.2) is 0 Å². The first-order valence-corrected chi connectivity index (χ1v) is 6.63. The average molecular weight is 312 g/mol. The molecule has 0 bridgehead atoms. The molecule has 0 radical (unpaired) electrons. The number of anilines is 1. The summed E-state index contributed by atoms with van der Waals surface area (Å²) in [5.74, 6) is -3.80. The second-order valence-corrected chi connectivity index (χ2v) is 5.04. The maximum absolute atomic E-state index is 12.6. The minimum absolute atomic E-state index is 0.0218. The summed E-state index contributed by atoms with van der Waals surface area (Å²) in [7, 11) is 0. The Bertz CT molecular complexity index is 610. The van der Waals surface area contributed by atoms with E-state index in [9.17, 15) is 27.9 Å². The summed E-state index contributed by atoms with van der Waals surface area (Å²) >= 11 is 0. The van der Waals surface area contributed by atoms with Crippen LogP contribution in [0.15, 0.2) is 36.4 Å². The van der Waals surface area contributed by atoms with Crippen molar-refractivity contribution in [3.8, 4) is 0 Å². The van der Waals surface area contributed by atoms with Crippen molar-refractivity contribution in [1.29, 1.82) is 0 Å². The van der Waals surface area contributed by atoms with Crippen LogP contribution in [0.5, 0.6) is 0 Å². The smallest absolute Gasteiger partial charge is 0.416 e. The Morgan fingerprint density at radius 2 is 1.77 bits per heavy atom. The fraction of sp³-hybridized carbons (Fsp3) is 0.333. The summed E-state index contributed by atoms with van der Waals surface area (Å²) < 4.78 is 37.9. The molecule has 0 unspecified atom stereocenters. The first-order valence-electron chi connectivity index (χ1n) is 6.63. The van der Waals surface area contributed by atoms with Crippen LogP contribution in [-0.4, -0.2) is 11.9 Å². The van der Waals surface area contributed by atoms with Crippen LogP contribution in [0.2, 0.25) is 0 Å². The number of carbonyl (C=O) groups is 2. The molecule has 118 valence electrons. The number of amides is 1. The summed E-state index contributed by atoms with van der Waals surface area (Å²) in [5, 5.41) is 13.4. The highest BCUT2D eigenvalue weighted by Crippen LogP contribution is 2.31. The van der Waals surface area contributed by atoms with Crippen molar-refractivity contribution < 1.29 is 27.9 Å². The summed E-state index contributed by atoms with van der Waals surface area (Å²) in [4.78, 5) is 23.2. The number of carboxylic acid groups (broad SMARTS) is 1. The van der Waals surface area contributed by atoms with E-state index in [2.05, 4.69) is 5.32 Å². The quantitative estimate of drug-likeness (QED) is 0.868. The Balaban J connectivity index is 2.15. The van der Waals surface area contributed by atoms with Crippen molar-refractivity contribution in [2.24, 2.45) is 11.8 Å². The molecule has 22 heavy (non-hydrogen) atoms. The number of hydrogen-bond acceptors (Lipinski definition) is 3. The molecule has 4 nitrogen and oxygen atoms in total. The lowest BCUT2D eigenvalue weighted by Crippen LogP contribution is -2.41. The Hall–Kier alpha value is -2.31. The number of carbonyl (C=O) groups excluding carboxylic acids is 2. The van der Waals surface area contributed by atoms with Crippen LogP contribution in [0.3, 0.4) is 0 Å². The monoisotopic (exact) mass is 312 g/mol. The number of rotatable bonds is 3. The van der Waals surface area contributed by atoms with Gasteiger partial charge in [-0.3, -0.25) is 4.79 Å². The van der Waals surface area contributed by atoms with Crippen LogP contribution in [0.1, 0.15) is 18.4 Å². The molecule has 0 fully saturated rings. The number of allylic oxidation sites excluding steroid dienone is 2. The number of alkyl halides is 3. The topological polar surface area (TPSA) is 69.2 Å². The van der Waals surface area contributed by atoms with Crippen molar-refractivity contribution in [3.05, 3.63) is 42.0 Å². The van der Waals surface area contributed by atoms with Crippen LogP contribution in [-0.2, 0) is 15.8 Å². The van der Waals surface area contributed by atoms with E-state index in [-0.39, 0.29) is 18.5 Å². The predicted molar refractivity (Wildman–Crippen MR) is 70.4 cm³/mol. The normalized spacial score (nSPS) is 21.4. The highest BCUT2D eigenvalue weighted by atomic mass is 19.4. The highest BCUT2D eigenvalue weighted by molar-refractivity contribution is 5.95. The zero-order chi connectivity index (χ0) is 16.3. The van der Waals surface area contributed by atoms with Gasteiger partial charge in [-0.1, -0.05) is 18.2 Å². The van der Waals surface area contributed by atoms with Crippen LogP contribution in [0, 0.1) is 11.8 Å². The third-order valence-corrected chi connectivity index (χ3v) is 3.53. The number of benzene rings is 1. The standard InChI is InChI=1S/C15H14F3NO3/c16-15(17,18)9-4-3-5-10(8-9)19-13(20)11-6-1-2-7-12(11)14(21)22/h1-5,8,11-12H,6-7H2,(H,19,20)(H,21,22)/p-1/t11-,12+/m1/s1. The maximum Gasteiger partial charge on any atom is 0.416 e. The molecule has 1 aliphatic carbocycles. The summed E-state index contributed by atoms with van der Waals surface area (Å²) in [6, 6.07) is 4.20. The number of halogens is 3. The molecule has 2 rings (SSSR count). The molecule has 0 heterocycles. The Morgan fingerprint density at radius 3 is 2.36 bits per heavy atom. The van der Waals surface area contributed by atoms with E-state index in [4.69, 9.17) is 0 Å². The van der Waals surface area contributed by atoms with Gasteiger partial charge in [-0.2, -0.15) is 13.2 Å². The molecule has 0 saturated carbocycles. The van der Waals surface area contributed by atoms with Gasteiger partial charge in [0.1, 0.15) is 0 Å². The first kappa shape index (κ1) is 16.1. The van der Waals surface area contributed by atoms with E-state index in [0.717, 1.165) is 12.1 Å². The van der Waals surface area contributed by atoms with Crippen molar-refractivity contribution in [3.63, 3.8) is 0 Å². The van der Waals surface area contributed by atoms with E-state index in [1.54, 1.807) is 12.2 Å². The van der Waals surface area contributed by atoms with Crippen LogP contribution in [0.4, 0.5) is 18.9 Å². The number of aliphatic carboxylic acids is 1. The lowest BCUT2D eigenvalue weighted by atomic mass is 9.82. The van der Waals surface area contributed by atoms with E-state index in [1.165, 1.54) is 12.1 Å². The summed E-state index contributed by atoms with van der Waals surface area (Å²) in [6.07, 6.45) is -0.807. The SMILES string of the molecule is O=C([O-])[C@H]1CC=CC[C@H]1C(=O)Nc1cccc(C(F)(F)F)c1. The van der Waals surface area contributed by atoms with E-state index in [1.807, 2.05) is 0 Å². The Morgan fingerprint density at radius 1 is 1.14 bits per heavy atom. The number of nitrogens with one attached hydrogen (secondary N) is 1. The fourth-order valence-corrected chi connectivity index (χ4v) is 2.37. The third kappa shape index (κ3) is 3.66. The largest absolute Gasteiger partial charge is 0.550 e. The molecule has 1 amide bonds. The van der Waals surface area contributed by atoms with Gasteiger partial charge in [-0.15, -0.1) is 0 Å². The molecule has 1 aliphatic rings. The summed E-state index contributed by atoms with van der Waals surface area (Å²) in [5.41, 5.74) is -0.906. The molecule has 0 aromatic heterocycles. The molecule has 7 heteroatoms. The zero-order valence-corrected chi connectivity index (χ0v) is 11.4. The fourth-order valence-electron chi connectivity index (χ4n) is 2.37. The van der Waals surface area contributed by atoms with Crippen molar-refractivity contribution in [2.75, 3.05) is 5.32 Å².